The summed E-state index contributed by atoms with van der Waals surface area (Å²) >= 11 is 4.99. The number of piperidine rings is 1. The second kappa shape index (κ2) is 6.47. The molecule has 0 bridgehead atoms. The molecule has 3 atom stereocenters. The van der Waals surface area contributed by atoms with Gasteiger partial charge in [0.15, 0.2) is 0 Å². The lowest BCUT2D eigenvalue weighted by molar-refractivity contribution is 0.0589. The maximum absolute atomic E-state index is 4.99. The second-order valence-electron chi connectivity index (χ2n) is 6.34. The SMILES string of the molecule is CCCCN1CC(C(C)C)CC(C)(S)C1CC. The molecule has 1 nitrogen and oxygen atoms in total. The van der Waals surface area contributed by atoms with Crippen molar-refractivity contribution in [1.82, 2.24) is 4.90 Å². The van der Waals surface area contributed by atoms with Crippen LogP contribution >= 0.6 is 12.6 Å². The molecule has 1 fully saturated rings. The first-order valence-electron chi connectivity index (χ1n) is 7.38. The summed E-state index contributed by atoms with van der Waals surface area (Å²) in [5.74, 6) is 1.60. The van der Waals surface area contributed by atoms with Gasteiger partial charge in [-0.2, -0.15) is 12.6 Å². The molecular formula is C15H31NS. The van der Waals surface area contributed by atoms with Gasteiger partial charge in [-0.3, -0.25) is 4.90 Å². The van der Waals surface area contributed by atoms with E-state index in [4.69, 9.17) is 12.6 Å². The summed E-state index contributed by atoms with van der Waals surface area (Å²) in [6.07, 6.45) is 5.12. The van der Waals surface area contributed by atoms with E-state index in [9.17, 15) is 0 Å². The van der Waals surface area contributed by atoms with Crippen molar-refractivity contribution in [2.45, 2.75) is 71.1 Å². The van der Waals surface area contributed by atoms with Crippen LogP contribution in [0.15, 0.2) is 0 Å². The molecule has 1 aliphatic heterocycles. The molecular weight excluding hydrogens is 226 g/mol. The molecule has 0 aromatic rings. The normalized spacial score (nSPS) is 35.5. The Hall–Kier alpha value is 0.310. The van der Waals surface area contributed by atoms with Gasteiger partial charge in [-0.15, -0.1) is 0 Å². The van der Waals surface area contributed by atoms with E-state index in [1.54, 1.807) is 0 Å². The van der Waals surface area contributed by atoms with Crippen LogP contribution in [0.2, 0.25) is 0 Å². The van der Waals surface area contributed by atoms with Crippen LogP contribution in [0.4, 0.5) is 0 Å². The van der Waals surface area contributed by atoms with Crippen LogP contribution < -0.4 is 0 Å². The molecule has 0 N–H and O–H groups in total. The van der Waals surface area contributed by atoms with Gasteiger partial charge in [0.25, 0.3) is 0 Å². The predicted molar refractivity (Wildman–Crippen MR) is 80.9 cm³/mol. The van der Waals surface area contributed by atoms with Crippen LogP contribution in [-0.4, -0.2) is 28.8 Å². The van der Waals surface area contributed by atoms with Gasteiger partial charge >= 0.3 is 0 Å². The molecule has 0 radical (unpaired) electrons. The first-order valence-corrected chi connectivity index (χ1v) is 7.83. The Balaban J connectivity index is 2.75. The molecule has 0 spiro atoms. The fourth-order valence-electron chi connectivity index (χ4n) is 3.31. The van der Waals surface area contributed by atoms with Crippen molar-refractivity contribution in [2.75, 3.05) is 13.1 Å². The van der Waals surface area contributed by atoms with E-state index in [-0.39, 0.29) is 4.75 Å². The molecule has 1 saturated heterocycles. The van der Waals surface area contributed by atoms with Gasteiger partial charge < -0.3 is 0 Å². The van der Waals surface area contributed by atoms with Crippen molar-refractivity contribution in [3.05, 3.63) is 0 Å². The highest BCUT2D eigenvalue weighted by Gasteiger charge is 2.41. The Morgan fingerprint density at radius 1 is 1.35 bits per heavy atom. The van der Waals surface area contributed by atoms with Crippen LogP contribution in [-0.2, 0) is 0 Å². The molecule has 0 amide bonds. The summed E-state index contributed by atoms with van der Waals surface area (Å²) in [5.41, 5.74) is 0. The third-order valence-electron chi connectivity index (χ3n) is 4.43. The number of thiol groups is 1. The predicted octanol–water partition coefficient (Wildman–Crippen LogP) is 4.23. The number of rotatable bonds is 5. The standard InChI is InChI=1S/C15H31NS/c1-6-8-9-16-11-13(12(3)4)10-15(5,17)14(16)7-2/h12-14,17H,6-11H2,1-5H3. The van der Waals surface area contributed by atoms with Gasteiger partial charge in [-0.1, -0.05) is 34.1 Å². The zero-order valence-corrected chi connectivity index (χ0v) is 13.3. The average Bonchev–Trinajstić information content (AvgIpc) is 2.24. The van der Waals surface area contributed by atoms with Crippen LogP contribution in [0.25, 0.3) is 0 Å². The van der Waals surface area contributed by atoms with Crippen molar-refractivity contribution in [3.63, 3.8) is 0 Å². The Morgan fingerprint density at radius 2 is 2.00 bits per heavy atom. The van der Waals surface area contributed by atoms with E-state index in [0.29, 0.717) is 6.04 Å². The van der Waals surface area contributed by atoms with Gasteiger partial charge in [0.1, 0.15) is 0 Å². The van der Waals surface area contributed by atoms with Gasteiger partial charge in [-0.05, 0) is 44.6 Å². The number of hydrogen-bond acceptors (Lipinski definition) is 2. The van der Waals surface area contributed by atoms with Crippen molar-refractivity contribution >= 4 is 12.6 Å². The third kappa shape index (κ3) is 3.89. The Morgan fingerprint density at radius 3 is 2.47 bits per heavy atom. The van der Waals surface area contributed by atoms with Crippen LogP contribution in [0.1, 0.15) is 60.3 Å². The third-order valence-corrected chi connectivity index (χ3v) is 4.91. The summed E-state index contributed by atoms with van der Waals surface area (Å²) in [6, 6.07) is 0.660. The molecule has 17 heavy (non-hydrogen) atoms. The molecule has 0 saturated carbocycles. The number of hydrogen-bond donors (Lipinski definition) is 1. The smallest absolute Gasteiger partial charge is 0.0260 e. The highest BCUT2D eigenvalue weighted by atomic mass is 32.1. The van der Waals surface area contributed by atoms with E-state index < -0.39 is 0 Å². The summed E-state index contributed by atoms with van der Waals surface area (Å²) < 4.78 is 0.190. The monoisotopic (exact) mass is 257 g/mol. The molecule has 102 valence electrons. The van der Waals surface area contributed by atoms with Gasteiger partial charge in [0.05, 0.1) is 0 Å². The first-order chi connectivity index (χ1) is 7.92. The number of unbranched alkanes of at least 4 members (excludes halogenated alkanes) is 1. The highest BCUT2D eigenvalue weighted by Crippen LogP contribution is 2.40. The van der Waals surface area contributed by atoms with Crippen molar-refractivity contribution in [3.8, 4) is 0 Å². The van der Waals surface area contributed by atoms with Crippen LogP contribution in [0, 0.1) is 11.8 Å². The molecule has 0 aromatic heterocycles. The minimum Gasteiger partial charge on any atom is -0.299 e. The molecule has 0 aliphatic carbocycles. The van der Waals surface area contributed by atoms with Crippen molar-refractivity contribution in [1.29, 1.82) is 0 Å². The zero-order chi connectivity index (χ0) is 13.1. The van der Waals surface area contributed by atoms with Crippen molar-refractivity contribution < 1.29 is 0 Å². The Labute approximate surface area is 114 Å². The summed E-state index contributed by atoms with van der Waals surface area (Å²) in [5, 5.41) is 0. The summed E-state index contributed by atoms with van der Waals surface area (Å²) in [6.45, 7) is 14.2. The van der Waals surface area contributed by atoms with E-state index in [0.717, 1.165) is 11.8 Å². The summed E-state index contributed by atoms with van der Waals surface area (Å²) in [4.78, 5) is 2.71. The maximum Gasteiger partial charge on any atom is 0.0260 e. The Kier molecular flexibility index (Phi) is 5.85. The quantitative estimate of drug-likeness (QED) is 0.721. The minimum absolute atomic E-state index is 0.190. The van der Waals surface area contributed by atoms with Crippen molar-refractivity contribution in [2.24, 2.45) is 11.8 Å². The largest absolute Gasteiger partial charge is 0.299 e. The van der Waals surface area contributed by atoms with E-state index in [1.165, 1.54) is 38.8 Å². The molecule has 3 unspecified atom stereocenters. The maximum atomic E-state index is 4.99. The first kappa shape index (κ1) is 15.4. The van der Waals surface area contributed by atoms with Crippen LogP contribution in [0.3, 0.4) is 0 Å². The molecule has 2 heteroatoms. The van der Waals surface area contributed by atoms with Gasteiger partial charge in [-0.25, -0.2) is 0 Å². The molecule has 1 heterocycles. The fraction of sp³-hybridized carbons (Fsp3) is 1.00. The molecule has 1 rings (SSSR count). The minimum atomic E-state index is 0.190. The lowest BCUT2D eigenvalue weighted by Crippen LogP contribution is -2.56. The highest BCUT2D eigenvalue weighted by molar-refractivity contribution is 7.81. The van der Waals surface area contributed by atoms with Gasteiger partial charge in [0.2, 0.25) is 0 Å². The zero-order valence-electron chi connectivity index (χ0n) is 12.4. The molecule has 0 aromatic carbocycles. The average molecular weight is 257 g/mol. The van der Waals surface area contributed by atoms with E-state index in [1.807, 2.05) is 0 Å². The van der Waals surface area contributed by atoms with E-state index in [2.05, 4.69) is 39.5 Å². The Bertz CT molecular complexity index is 225. The lowest BCUT2D eigenvalue weighted by Gasteiger charge is -2.50. The topological polar surface area (TPSA) is 3.24 Å². The molecule has 1 aliphatic rings. The van der Waals surface area contributed by atoms with Gasteiger partial charge in [0, 0.05) is 17.3 Å². The number of nitrogens with zero attached hydrogens (tertiary/aromatic N) is 1. The second-order valence-corrected chi connectivity index (χ2v) is 7.36. The fourth-order valence-corrected chi connectivity index (χ4v) is 3.89. The number of likely N-dealkylation sites (tertiary alicyclic amines) is 1. The summed E-state index contributed by atoms with van der Waals surface area (Å²) in [7, 11) is 0. The lowest BCUT2D eigenvalue weighted by atomic mass is 9.77. The van der Waals surface area contributed by atoms with E-state index >= 15 is 0 Å². The van der Waals surface area contributed by atoms with Crippen LogP contribution in [0.5, 0.6) is 0 Å².